The van der Waals surface area contributed by atoms with Crippen LogP contribution in [0.3, 0.4) is 0 Å². The fourth-order valence-corrected chi connectivity index (χ4v) is 2.54. The number of aromatic nitrogens is 4. The predicted molar refractivity (Wildman–Crippen MR) is 88.8 cm³/mol. The number of nitrogens with zero attached hydrogens (tertiary/aromatic N) is 4. The molecule has 0 amide bonds. The van der Waals surface area contributed by atoms with E-state index in [0.29, 0.717) is 11.3 Å². The van der Waals surface area contributed by atoms with Crippen molar-refractivity contribution >= 4 is 11.0 Å². The highest BCUT2D eigenvalue weighted by Crippen LogP contribution is 2.29. The summed E-state index contributed by atoms with van der Waals surface area (Å²) in [6.45, 7) is 0. The van der Waals surface area contributed by atoms with Crippen molar-refractivity contribution in [1.82, 2.24) is 19.7 Å². The summed E-state index contributed by atoms with van der Waals surface area (Å²) in [6, 6.07) is 13.2. The van der Waals surface area contributed by atoms with E-state index in [-0.39, 0.29) is 11.4 Å². The number of alkyl halides is 3. The minimum Gasteiger partial charge on any atom is -0.403 e. The minimum atomic E-state index is -4.78. The molecule has 2 heterocycles. The Morgan fingerprint density at radius 2 is 1.62 bits per heavy atom. The second-order valence-corrected chi connectivity index (χ2v) is 5.43. The molecule has 0 spiro atoms. The van der Waals surface area contributed by atoms with Gasteiger partial charge in [-0.25, -0.2) is 9.67 Å². The SMILES string of the molecule is FC(F)(F)Oc1ccccc1-n1cc(-c2cnc3ccccc3n2)cn1. The monoisotopic (exact) mass is 356 g/mol. The largest absolute Gasteiger partial charge is 0.573 e. The van der Waals surface area contributed by atoms with E-state index in [1.807, 2.05) is 24.3 Å². The number of hydrogen-bond acceptors (Lipinski definition) is 4. The Labute approximate surface area is 145 Å². The molecule has 0 aliphatic rings. The number of hydrogen-bond donors (Lipinski definition) is 0. The van der Waals surface area contributed by atoms with Gasteiger partial charge in [-0.1, -0.05) is 24.3 Å². The fourth-order valence-electron chi connectivity index (χ4n) is 2.54. The van der Waals surface area contributed by atoms with E-state index in [4.69, 9.17) is 0 Å². The lowest BCUT2D eigenvalue weighted by Gasteiger charge is -2.12. The van der Waals surface area contributed by atoms with Crippen LogP contribution >= 0.6 is 0 Å². The molecule has 130 valence electrons. The third kappa shape index (κ3) is 3.21. The van der Waals surface area contributed by atoms with Gasteiger partial charge in [-0.3, -0.25) is 4.98 Å². The number of fused-ring (bicyclic) bond motifs is 1. The van der Waals surface area contributed by atoms with Crippen LogP contribution in [0.15, 0.2) is 67.1 Å². The maximum Gasteiger partial charge on any atom is 0.573 e. The number of halogens is 3. The summed E-state index contributed by atoms with van der Waals surface area (Å²) in [5, 5.41) is 4.14. The van der Waals surface area contributed by atoms with Gasteiger partial charge in [-0.05, 0) is 24.3 Å². The molecule has 4 aromatic rings. The lowest BCUT2D eigenvalue weighted by atomic mass is 10.2. The number of benzene rings is 2. The molecule has 0 bridgehead atoms. The quantitative estimate of drug-likeness (QED) is 0.547. The summed E-state index contributed by atoms with van der Waals surface area (Å²) < 4.78 is 43.1. The zero-order valence-corrected chi connectivity index (χ0v) is 13.2. The second kappa shape index (κ2) is 6.14. The molecule has 4 rings (SSSR count). The van der Waals surface area contributed by atoms with E-state index < -0.39 is 6.36 Å². The lowest BCUT2D eigenvalue weighted by Crippen LogP contribution is -2.18. The van der Waals surface area contributed by atoms with Crippen LogP contribution in [0, 0.1) is 0 Å². The Bertz CT molecular complexity index is 1080. The molecule has 0 unspecified atom stereocenters. The highest BCUT2D eigenvalue weighted by molar-refractivity contribution is 5.76. The summed E-state index contributed by atoms with van der Waals surface area (Å²) in [5.74, 6) is -0.334. The van der Waals surface area contributed by atoms with Crippen molar-refractivity contribution in [3.05, 3.63) is 67.1 Å². The van der Waals surface area contributed by atoms with Crippen LogP contribution in [-0.2, 0) is 0 Å². The molecule has 0 atom stereocenters. The van der Waals surface area contributed by atoms with Crippen molar-refractivity contribution in [2.24, 2.45) is 0 Å². The van der Waals surface area contributed by atoms with E-state index in [9.17, 15) is 13.2 Å². The van der Waals surface area contributed by atoms with Gasteiger partial charge in [0, 0.05) is 11.8 Å². The van der Waals surface area contributed by atoms with Crippen molar-refractivity contribution in [2.45, 2.75) is 6.36 Å². The molecule has 0 radical (unpaired) electrons. The van der Waals surface area contributed by atoms with Crippen LogP contribution < -0.4 is 4.74 Å². The van der Waals surface area contributed by atoms with E-state index in [0.717, 1.165) is 11.0 Å². The molecule has 0 saturated carbocycles. The van der Waals surface area contributed by atoms with Crippen LogP contribution in [0.25, 0.3) is 28.0 Å². The molecule has 0 saturated heterocycles. The Morgan fingerprint density at radius 1 is 0.885 bits per heavy atom. The Hall–Kier alpha value is -3.42. The van der Waals surface area contributed by atoms with Gasteiger partial charge < -0.3 is 4.74 Å². The lowest BCUT2D eigenvalue weighted by molar-refractivity contribution is -0.274. The molecule has 5 nitrogen and oxygen atoms in total. The first-order valence-electron chi connectivity index (χ1n) is 7.61. The molecule has 0 aliphatic carbocycles. The number of para-hydroxylation sites is 4. The Morgan fingerprint density at radius 3 is 2.42 bits per heavy atom. The third-order valence-corrected chi connectivity index (χ3v) is 3.66. The summed E-state index contributed by atoms with van der Waals surface area (Å²) in [5.41, 5.74) is 2.85. The van der Waals surface area contributed by atoms with Crippen LogP contribution in [0.2, 0.25) is 0 Å². The van der Waals surface area contributed by atoms with Gasteiger partial charge in [0.2, 0.25) is 0 Å². The van der Waals surface area contributed by atoms with E-state index in [1.54, 1.807) is 18.5 Å². The molecular weight excluding hydrogens is 345 g/mol. The average Bonchev–Trinajstić information content (AvgIpc) is 3.10. The van der Waals surface area contributed by atoms with Gasteiger partial charge in [0.15, 0.2) is 5.75 Å². The van der Waals surface area contributed by atoms with Gasteiger partial charge in [0.1, 0.15) is 5.69 Å². The molecule has 0 N–H and O–H groups in total. The molecule has 0 fully saturated rings. The highest BCUT2D eigenvalue weighted by Gasteiger charge is 2.32. The summed E-state index contributed by atoms with van der Waals surface area (Å²) >= 11 is 0. The van der Waals surface area contributed by atoms with E-state index in [1.165, 1.54) is 29.1 Å². The third-order valence-electron chi connectivity index (χ3n) is 3.66. The first-order chi connectivity index (χ1) is 12.5. The summed E-state index contributed by atoms with van der Waals surface area (Å²) in [7, 11) is 0. The smallest absolute Gasteiger partial charge is 0.403 e. The van der Waals surface area contributed by atoms with Crippen LogP contribution in [0.4, 0.5) is 13.2 Å². The van der Waals surface area contributed by atoms with Crippen LogP contribution in [-0.4, -0.2) is 26.1 Å². The summed E-state index contributed by atoms with van der Waals surface area (Å²) in [6.07, 6.45) is -0.0851. The molecule has 8 heteroatoms. The normalized spacial score (nSPS) is 11.7. The molecule has 0 aliphatic heterocycles. The van der Waals surface area contributed by atoms with Gasteiger partial charge >= 0.3 is 6.36 Å². The Balaban J connectivity index is 1.72. The molecule has 2 aromatic heterocycles. The topological polar surface area (TPSA) is 52.8 Å². The first-order valence-corrected chi connectivity index (χ1v) is 7.61. The standard InChI is InChI=1S/C18H11F3N4O/c19-18(20,21)26-17-8-4-3-7-16(17)25-11-12(9-23-25)15-10-22-13-5-1-2-6-14(13)24-15/h1-11H. The molecule has 26 heavy (non-hydrogen) atoms. The van der Waals surface area contributed by atoms with Gasteiger partial charge in [0.25, 0.3) is 0 Å². The van der Waals surface area contributed by atoms with Crippen molar-refractivity contribution in [2.75, 3.05) is 0 Å². The number of rotatable bonds is 3. The van der Waals surface area contributed by atoms with Crippen molar-refractivity contribution in [3.8, 4) is 22.7 Å². The summed E-state index contributed by atoms with van der Waals surface area (Å²) in [4.78, 5) is 8.84. The average molecular weight is 356 g/mol. The van der Waals surface area contributed by atoms with E-state index >= 15 is 0 Å². The minimum absolute atomic E-state index is 0.171. The number of ether oxygens (including phenoxy) is 1. The Kier molecular flexibility index (Phi) is 3.80. The van der Waals surface area contributed by atoms with Crippen LogP contribution in [0.5, 0.6) is 5.75 Å². The second-order valence-electron chi connectivity index (χ2n) is 5.43. The zero-order valence-electron chi connectivity index (χ0n) is 13.2. The van der Waals surface area contributed by atoms with Crippen LogP contribution in [0.1, 0.15) is 0 Å². The van der Waals surface area contributed by atoms with Gasteiger partial charge in [0.05, 0.1) is 29.1 Å². The predicted octanol–water partition coefficient (Wildman–Crippen LogP) is 4.38. The van der Waals surface area contributed by atoms with Gasteiger partial charge in [-0.2, -0.15) is 5.10 Å². The van der Waals surface area contributed by atoms with E-state index in [2.05, 4.69) is 19.8 Å². The molecule has 2 aromatic carbocycles. The highest BCUT2D eigenvalue weighted by atomic mass is 19.4. The van der Waals surface area contributed by atoms with Crippen molar-refractivity contribution in [1.29, 1.82) is 0 Å². The van der Waals surface area contributed by atoms with Crippen molar-refractivity contribution < 1.29 is 17.9 Å². The zero-order chi connectivity index (χ0) is 18.1. The van der Waals surface area contributed by atoms with Gasteiger partial charge in [-0.15, -0.1) is 13.2 Å². The maximum absolute atomic E-state index is 12.6. The maximum atomic E-state index is 12.6. The fraction of sp³-hybridized carbons (Fsp3) is 0.0556. The van der Waals surface area contributed by atoms with Crippen molar-refractivity contribution in [3.63, 3.8) is 0 Å². The molecular formula is C18H11F3N4O. The first kappa shape index (κ1) is 16.1.